The van der Waals surface area contributed by atoms with Crippen molar-refractivity contribution in [1.82, 2.24) is 5.32 Å². The van der Waals surface area contributed by atoms with Gasteiger partial charge in [0.2, 0.25) is 0 Å². The second-order valence-electron chi connectivity index (χ2n) is 5.73. The maximum atomic E-state index is 12.7. The van der Waals surface area contributed by atoms with Crippen LogP contribution in [0.5, 0.6) is 0 Å². The van der Waals surface area contributed by atoms with E-state index in [0.717, 1.165) is 24.8 Å². The lowest BCUT2D eigenvalue weighted by atomic mass is 9.63. The highest BCUT2D eigenvalue weighted by Crippen LogP contribution is 2.46. The van der Waals surface area contributed by atoms with Gasteiger partial charge in [0, 0.05) is 17.2 Å². The molecular weight excluding hydrogens is 288 g/mol. The summed E-state index contributed by atoms with van der Waals surface area (Å²) >= 11 is 5.94. The first-order valence-electron chi connectivity index (χ1n) is 7.19. The Balaban J connectivity index is 2.11. The molecule has 1 saturated carbocycles. The van der Waals surface area contributed by atoms with Crippen LogP contribution in [0.15, 0.2) is 29.3 Å². The molecule has 2 amide bonds. The Morgan fingerprint density at radius 2 is 1.95 bits per heavy atom. The smallest absolute Gasteiger partial charge is 0.328 e. The van der Waals surface area contributed by atoms with Crippen LogP contribution in [-0.2, 0) is 4.79 Å². The van der Waals surface area contributed by atoms with Crippen molar-refractivity contribution in [3.8, 4) is 0 Å². The van der Waals surface area contributed by atoms with Gasteiger partial charge >= 0.3 is 6.03 Å². The third-order valence-corrected chi connectivity index (χ3v) is 4.85. The molecule has 5 heteroatoms. The first-order chi connectivity index (χ1) is 10.0. The van der Waals surface area contributed by atoms with Crippen LogP contribution in [0.3, 0.4) is 0 Å². The second-order valence-corrected chi connectivity index (χ2v) is 6.17. The van der Waals surface area contributed by atoms with E-state index in [9.17, 15) is 9.59 Å². The molecule has 1 N–H and O–H groups in total. The Kier molecular flexibility index (Phi) is 3.57. The number of hydrogen-bond donors (Lipinski definition) is 1. The molecule has 0 bridgehead atoms. The SMILES string of the molecule is CC1=NC(=O)NC(c2ccc(Cl)cc2)C12CCCCC2=O. The largest absolute Gasteiger partial charge is 0.341 e. The van der Waals surface area contributed by atoms with Crippen LogP contribution in [0.2, 0.25) is 5.02 Å². The number of amides is 2. The first kappa shape index (κ1) is 14.3. The normalized spacial score (nSPS) is 29.2. The Hall–Kier alpha value is -1.68. The zero-order valence-corrected chi connectivity index (χ0v) is 12.6. The average molecular weight is 305 g/mol. The summed E-state index contributed by atoms with van der Waals surface area (Å²) in [6, 6.07) is 6.57. The predicted octanol–water partition coefficient (Wildman–Crippen LogP) is 3.69. The molecule has 1 aliphatic carbocycles. The molecule has 0 radical (unpaired) electrons. The van der Waals surface area contributed by atoms with Crippen molar-refractivity contribution in [2.24, 2.45) is 10.4 Å². The summed E-state index contributed by atoms with van der Waals surface area (Å²) in [6.07, 6.45) is 3.16. The van der Waals surface area contributed by atoms with Crippen LogP contribution in [0.25, 0.3) is 0 Å². The minimum atomic E-state index is -0.694. The van der Waals surface area contributed by atoms with Crippen molar-refractivity contribution in [1.29, 1.82) is 0 Å². The summed E-state index contributed by atoms with van der Waals surface area (Å²) in [7, 11) is 0. The van der Waals surface area contributed by atoms with Gasteiger partial charge in [-0.2, -0.15) is 0 Å². The number of ketones is 1. The molecule has 1 aromatic rings. The predicted molar refractivity (Wildman–Crippen MR) is 81.7 cm³/mol. The summed E-state index contributed by atoms with van der Waals surface area (Å²) in [4.78, 5) is 28.5. The summed E-state index contributed by atoms with van der Waals surface area (Å²) < 4.78 is 0. The van der Waals surface area contributed by atoms with Gasteiger partial charge < -0.3 is 5.32 Å². The fraction of sp³-hybridized carbons (Fsp3) is 0.438. The van der Waals surface area contributed by atoms with Crippen LogP contribution in [0, 0.1) is 5.41 Å². The number of carbonyl (C=O) groups is 2. The summed E-state index contributed by atoms with van der Waals surface area (Å²) in [6.45, 7) is 1.80. The van der Waals surface area contributed by atoms with E-state index in [0.29, 0.717) is 17.2 Å². The van der Waals surface area contributed by atoms with Gasteiger partial charge in [0.05, 0.1) is 11.5 Å². The number of Topliss-reactive ketones (excluding diaryl/α,β-unsaturated/α-hetero) is 1. The molecule has 2 unspecified atom stereocenters. The standard InChI is InChI=1S/C16H17ClN2O2/c1-10-16(9-3-2-4-13(16)20)14(19-15(21)18-10)11-5-7-12(17)8-6-11/h5-8,14H,2-4,9H2,1H3,(H,19,21). The van der Waals surface area contributed by atoms with Crippen molar-refractivity contribution in [3.05, 3.63) is 34.9 Å². The van der Waals surface area contributed by atoms with Crippen molar-refractivity contribution in [2.45, 2.75) is 38.6 Å². The van der Waals surface area contributed by atoms with Crippen molar-refractivity contribution >= 4 is 29.1 Å². The lowest BCUT2D eigenvalue weighted by Gasteiger charge is -2.44. The Bertz CT molecular complexity index is 624. The third kappa shape index (κ3) is 2.27. The molecule has 1 aromatic carbocycles. The van der Waals surface area contributed by atoms with Gasteiger partial charge in [-0.25, -0.2) is 9.79 Å². The van der Waals surface area contributed by atoms with Crippen LogP contribution in [0.4, 0.5) is 4.79 Å². The van der Waals surface area contributed by atoms with E-state index in [4.69, 9.17) is 11.6 Å². The van der Waals surface area contributed by atoms with Crippen molar-refractivity contribution < 1.29 is 9.59 Å². The number of rotatable bonds is 1. The quantitative estimate of drug-likeness (QED) is 0.860. The van der Waals surface area contributed by atoms with Crippen LogP contribution < -0.4 is 5.32 Å². The topological polar surface area (TPSA) is 58.5 Å². The number of aliphatic imine (C=N–C) groups is 1. The maximum Gasteiger partial charge on any atom is 0.341 e. The zero-order chi connectivity index (χ0) is 15.0. The lowest BCUT2D eigenvalue weighted by Crippen LogP contribution is -2.54. The summed E-state index contributed by atoms with van der Waals surface area (Å²) in [5, 5.41) is 3.52. The zero-order valence-electron chi connectivity index (χ0n) is 11.9. The molecular formula is C16H17ClN2O2. The number of carbonyl (C=O) groups excluding carboxylic acids is 2. The minimum Gasteiger partial charge on any atom is -0.328 e. The van der Waals surface area contributed by atoms with Crippen molar-refractivity contribution in [3.63, 3.8) is 0 Å². The van der Waals surface area contributed by atoms with E-state index in [1.165, 1.54) is 0 Å². The van der Waals surface area contributed by atoms with Gasteiger partial charge in [-0.05, 0) is 37.5 Å². The monoisotopic (exact) mass is 304 g/mol. The Morgan fingerprint density at radius 1 is 1.24 bits per heavy atom. The number of nitrogens with zero attached hydrogens (tertiary/aromatic N) is 1. The highest BCUT2D eigenvalue weighted by Gasteiger charge is 2.52. The van der Waals surface area contributed by atoms with Crippen LogP contribution in [-0.4, -0.2) is 17.5 Å². The fourth-order valence-electron chi connectivity index (χ4n) is 3.50. The first-order valence-corrected chi connectivity index (χ1v) is 7.57. The van der Waals surface area contributed by atoms with E-state index < -0.39 is 5.41 Å². The molecule has 0 saturated heterocycles. The van der Waals surface area contributed by atoms with Gasteiger partial charge in [0.15, 0.2) is 0 Å². The highest BCUT2D eigenvalue weighted by atomic mass is 35.5. The van der Waals surface area contributed by atoms with Gasteiger partial charge in [-0.3, -0.25) is 4.79 Å². The molecule has 1 fully saturated rings. The van der Waals surface area contributed by atoms with E-state index >= 15 is 0 Å². The molecule has 110 valence electrons. The van der Waals surface area contributed by atoms with E-state index in [-0.39, 0.29) is 17.9 Å². The average Bonchev–Trinajstić information content (AvgIpc) is 2.46. The number of nitrogens with one attached hydrogen (secondary N) is 1. The Labute approximate surface area is 128 Å². The molecule has 1 spiro atoms. The van der Waals surface area contributed by atoms with E-state index in [1.54, 1.807) is 19.1 Å². The number of urea groups is 1. The Morgan fingerprint density at radius 3 is 2.62 bits per heavy atom. The third-order valence-electron chi connectivity index (χ3n) is 4.60. The minimum absolute atomic E-state index is 0.176. The number of halogens is 1. The van der Waals surface area contributed by atoms with Gasteiger partial charge in [0.1, 0.15) is 5.78 Å². The lowest BCUT2D eigenvalue weighted by molar-refractivity contribution is -0.128. The molecule has 3 rings (SSSR count). The highest BCUT2D eigenvalue weighted by molar-refractivity contribution is 6.30. The molecule has 4 nitrogen and oxygen atoms in total. The maximum absolute atomic E-state index is 12.7. The van der Waals surface area contributed by atoms with Crippen LogP contribution in [0.1, 0.15) is 44.2 Å². The molecule has 1 heterocycles. The molecule has 21 heavy (non-hydrogen) atoms. The van der Waals surface area contributed by atoms with Gasteiger partial charge in [0.25, 0.3) is 0 Å². The summed E-state index contributed by atoms with van der Waals surface area (Å²) in [5.41, 5.74) is 0.841. The fourth-order valence-corrected chi connectivity index (χ4v) is 3.63. The molecule has 2 atom stereocenters. The van der Waals surface area contributed by atoms with Gasteiger partial charge in [-0.15, -0.1) is 0 Å². The molecule has 0 aromatic heterocycles. The number of benzene rings is 1. The van der Waals surface area contributed by atoms with Crippen molar-refractivity contribution in [2.75, 3.05) is 0 Å². The molecule has 1 aliphatic heterocycles. The summed E-state index contributed by atoms with van der Waals surface area (Å²) in [5.74, 6) is 0.176. The van der Waals surface area contributed by atoms with E-state index in [2.05, 4.69) is 10.3 Å². The number of hydrogen-bond acceptors (Lipinski definition) is 2. The van der Waals surface area contributed by atoms with Crippen LogP contribution >= 0.6 is 11.6 Å². The second kappa shape index (κ2) is 5.26. The van der Waals surface area contributed by atoms with E-state index in [1.807, 2.05) is 12.1 Å². The van der Waals surface area contributed by atoms with Gasteiger partial charge in [-0.1, -0.05) is 30.2 Å². The molecule has 2 aliphatic rings.